The quantitative estimate of drug-likeness (QED) is 0.749. The standard InChI is InChI=1S/C7H8N2O2S/c10-7(11)4-12-3-6-1-2-8-5-9-6/h1-2,5H,3-4H2,(H,10,11). The SMILES string of the molecule is O=C(O)CSCc1ccncn1. The summed E-state index contributed by atoms with van der Waals surface area (Å²) in [6.45, 7) is 0. The van der Waals surface area contributed by atoms with Crippen molar-refractivity contribution in [2.45, 2.75) is 5.75 Å². The van der Waals surface area contributed by atoms with Crippen molar-refractivity contribution in [1.29, 1.82) is 0 Å². The van der Waals surface area contributed by atoms with E-state index in [-0.39, 0.29) is 5.75 Å². The van der Waals surface area contributed by atoms with Crippen molar-refractivity contribution in [3.63, 3.8) is 0 Å². The average molecular weight is 184 g/mol. The fourth-order valence-electron chi connectivity index (χ4n) is 0.646. The van der Waals surface area contributed by atoms with Crippen LogP contribution in [0.25, 0.3) is 0 Å². The molecular weight excluding hydrogens is 176 g/mol. The Bertz CT molecular complexity index is 253. The zero-order valence-corrected chi connectivity index (χ0v) is 7.12. The van der Waals surface area contributed by atoms with Gasteiger partial charge in [0.1, 0.15) is 6.33 Å². The Hall–Kier alpha value is -1.10. The molecule has 1 aromatic heterocycles. The van der Waals surface area contributed by atoms with Crippen LogP contribution in [0.3, 0.4) is 0 Å². The Morgan fingerprint density at radius 3 is 3.08 bits per heavy atom. The molecule has 0 aliphatic heterocycles. The Balaban J connectivity index is 2.29. The molecule has 12 heavy (non-hydrogen) atoms. The zero-order chi connectivity index (χ0) is 8.81. The lowest BCUT2D eigenvalue weighted by Gasteiger charge is -1.96. The molecule has 1 aromatic rings. The minimum absolute atomic E-state index is 0.115. The van der Waals surface area contributed by atoms with Crippen LogP contribution in [0.2, 0.25) is 0 Å². The number of aliphatic carboxylic acids is 1. The largest absolute Gasteiger partial charge is 0.481 e. The van der Waals surface area contributed by atoms with Crippen molar-refractivity contribution in [1.82, 2.24) is 9.97 Å². The highest BCUT2D eigenvalue weighted by molar-refractivity contribution is 7.99. The molecule has 0 unspecified atom stereocenters. The number of rotatable bonds is 4. The molecule has 0 saturated heterocycles. The number of carbonyl (C=O) groups is 1. The molecule has 0 fully saturated rings. The maximum absolute atomic E-state index is 10.1. The van der Waals surface area contributed by atoms with E-state index in [9.17, 15) is 4.79 Å². The van der Waals surface area contributed by atoms with Crippen molar-refractivity contribution in [2.75, 3.05) is 5.75 Å². The summed E-state index contributed by atoms with van der Waals surface area (Å²) in [6.07, 6.45) is 3.10. The number of aromatic nitrogens is 2. The zero-order valence-electron chi connectivity index (χ0n) is 6.30. The molecule has 0 atom stereocenters. The highest BCUT2D eigenvalue weighted by Gasteiger charge is 1.98. The smallest absolute Gasteiger partial charge is 0.313 e. The number of carboxylic acid groups (broad SMARTS) is 1. The van der Waals surface area contributed by atoms with Gasteiger partial charge in [0.15, 0.2) is 0 Å². The Morgan fingerprint density at radius 1 is 1.67 bits per heavy atom. The van der Waals surface area contributed by atoms with Crippen LogP contribution >= 0.6 is 11.8 Å². The molecule has 1 heterocycles. The third-order valence-corrected chi connectivity index (χ3v) is 2.07. The number of hydrogen-bond donors (Lipinski definition) is 1. The van der Waals surface area contributed by atoms with Gasteiger partial charge in [-0.2, -0.15) is 0 Å². The topological polar surface area (TPSA) is 63.1 Å². The molecule has 1 rings (SSSR count). The van der Waals surface area contributed by atoms with E-state index in [4.69, 9.17) is 5.11 Å². The van der Waals surface area contributed by atoms with Crippen LogP contribution in [-0.4, -0.2) is 26.8 Å². The van der Waals surface area contributed by atoms with Crippen LogP contribution in [0, 0.1) is 0 Å². The van der Waals surface area contributed by atoms with E-state index >= 15 is 0 Å². The minimum Gasteiger partial charge on any atom is -0.481 e. The lowest BCUT2D eigenvalue weighted by atomic mass is 10.5. The highest BCUT2D eigenvalue weighted by atomic mass is 32.2. The first-order valence-electron chi connectivity index (χ1n) is 3.33. The van der Waals surface area contributed by atoms with Gasteiger partial charge in [-0.15, -0.1) is 11.8 Å². The molecule has 64 valence electrons. The third kappa shape index (κ3) is 3.34. The predicted octanol–water partition coefficient (Wildman–Crippen LogP) is 0.794. The van der Waals surface area contributed by atoms with E-state index in [2.05, 4.69) is 9.97 Å². The van der Waals surface area contributed by atoms with Gasteiger partial charge in [-0.1, -0.05) is 0 Å². The fraction of sp³-hybridized carbons (Fsp3) is 0.286. The van der Waals surface area contributed by atoms with Crippen molar-refractivity contribution in [3.8, 4) is 0 Å². The molecule has 0 aliphatic rings. The van der Waals surface area contributed by atoms with Gasteiger partial charge in [0.25, 0.3) is 0 Å². The first-order valence-corrected chi connectivity index (χ1v) is 4.49. The Morgan fingerprint density at radius 2 is 2.50 bits per heavy atom. The maximum Gasteiger partial charge on any atom is 0.313 e. The van der Waals surface area contributed by atoms with Crippen molar-refractivity contribution in [2.24, 2.45) is 0 Å². The normalized spacial score (nSPS) is 9.67. The van der Waals surface area contributed by atoms with Gasteiger partial charge in [0, 0.05) is 11.9 Å². The van der Waals surface area contributed by atoms with Crippen molar-refractivity contribution in [3.05, 3.63) is 24.3 Å². The van der Waals surface area contributed by atoms with Gasteiger partial charge >= 0.3 is 5.97 Å². The van der Waals surface area contributed by atoms with Crippen LogP contribution in [0.15, 0.2) is 18.6 Å². The number of carboxylic acids is 1. The van der Waals surface area contributed by atoms with Gasteiger partial charge in [-0.3, -0.25) is 4.79 Å². The van der Waals surface area contributed by atoms with Crippen LogP contribution in [0.4, 0.5) is 0 Å². The van der Waals surface area contributed by atoms with Crippen molar-refractivity contribution >= 4 is 17.7 Å². The summed E-state index contributed by atoms with van der Waals surface area (Å²) in [5, 5.41) is 8.34. The average Bonchev–Trinajstić information content (AvgIpc) is 2.05. The van der Waals surface area contributed by atoms with Crippen LogP contribution < -0.4 is 0 Å². The van der Waals surface area contributed by atoms with Gasteiger partial charge in [-0.25, -0.2) is 9.97 Å². The second-order valence-corrected chi connectivity index (χ2v) is 3.07. The van der Waals surface area contributed by atoms with E-state index in [1.54, 1.807) is 12.3 Å². The first-order chi connectivity index (χ1) is 5.79. The summed E-state index contributed by atoms with van der Waals surface area (Å²) in [5.74, 6) is -0.0622. The molecule has 0 saturated carbocycles. The number of hydrogen-bond acceptors (Lipinski definition) is 4. The van der Waals surface area contributed by atoms with Crippen molar-refractivity contribution < 1.29 is 9.90 Å². The monoisotopic (exact) mass is 184 g/mol. The molecule has 0 aliphatic carbocycles. The predicted molar refractivity (Wildman–Crippen MR) is 45.8 cm³/mol. The van der Waals surface area contributed by atoms with Gasteiger partial charge in [0.2, 0.25) is 0 Å². The lowest BCUT2D eigenvalue weighted by molar-refractivity contribution is -0.133. The van der Waals surface area contributed by atoms with E-state index in [0.717, 1.165) is 5.69 Å². The summed E-state index contributed by atoms with van der Waals surface area (Å²) < 4.78 is 0. The van der Waals surface area contributed by atoms with Crippen LogP contribution in [0.1, 0.15) is 5.69 Å². The van der Waals surface area contributed by atoms with Gasteiger partial charge in [0.05, 0.1) is 11.4 Å². The molecule has 0 radical (unpaired) electrons. The number of thioether (sulfide) groups is 1. The molecular formula is C7H8N2O2S. The maximum atomic E-state index is 10.1. The lowest BCUT2D eigenvalue weighted by Crippen LogP contribution is -1.98. The molecule has 0 spiro atoms. The number of nitrogens with zero attached hydrogens (tertiary/aromatic N) is 2. The molecule has 0 aromatic carbocycles. The summed E-state index contributed by atoms with van der Waals surface area (Å²) >= 11 is 1.32. The first kappa shape index (κ1) is 8.99. The third-order valence-electron chi connectivity index (χ3n) is 1.12. The summed E-state index contributed by atoms with van der Waals surface area (Å²) in [6, 6.07) is 1.77. The molecule has 4 nitrogen and oxygen atoms in total. The van der Waals surface area contributed by atoms with Gasteiger partial charge in [-0.05, 0) is 6.07 Å². The highest BCUT2D eigenvalue weighted by Crippen LogP contribution is 2.07. The van der Waals surface area contributed by atoms with E-state index in [1.807, 2.05) is 0 Å². The minimum atomic E-state index is -0.797. The summed E-state index contributed by atoms with van der Waals surface area (Å²) in [5.41, 5.74) is 0.858. The second-order valence-electron chi connectivity index (χ2n) is 2.09. The Labute approximate surface area is 74.0 Å². The van der Waals surface area contributed by atoms with Gasteiger partial charge < -0.3 is 5.11 Å². The molecule has 1 N–H and O–H groups in total. The molecule has 0 bridgehead atoms. The molecule has 5 heteroatoms. The van der Waals surface area contributed by atoms with Crippen LogP contribution in [0.5, 0.6) is 0 Å². The van der Waals surface area contributed by atoms with Crippen LogP contribution in [-0.2, 0) is 10.5 Å². The van der Waals surface area contributed by atoms with E-state index in [0.29, 0.717) is 5.75 Å². The summed E-state index contributed by atoms with van der Waals surface area (Å²) in [7, 11) is 0. The Kier molecular flexibility index (Phi) is 3.53. The van der Waals surface area contributed by atoms with E-state index in [1.165, 1.54) is 18.1 Å². The summed E-state index contributed by atoms with van der Waals surface area (Å²) in [4.78, 5) is 17.8. The van der Waals surface area contributed by atoms with E-state index < -0.39 is 5.97 Å². The second kappa shape index (κ2) is 4.71. The fourth-order valence-corrected chi connectivity index (χ4v) is 1.30. The molecule has 0 amide bonds.